The van der Waals surface area contributed by atoms with E-state index in [1.807, 2.05) is 56.3 Å². The van der Waals surface area contributed by atoms with Crippen molar-refractivity contribution in [1.29, 1.82) is 0 Å². The molecule has 3 saturated heterocycles. The normalized spacial score (nSPS) is 30.8. The predicted molar refractivity (Wildman–Crippen MR) is 145 cm³/mol. The van der Waals surface area contributed by atoms with Gasteiger partial charge in [0.1, 0.15) is 6.04 Å². The average molecular weight is 542 g/mol. The zero-order valence-electron chi connectivity index (χ0n) is 21.2. The maximum Gasteiger partial charge on any atom is 0.248 e. The molecule has 0 saturated carbocycles. The number of thioether (sulfide) groups is 1. The van der Waals surface area contributed by atoms with E-state index in [1.165, 1.54) is 0 Å². The molecule has 0 aliphatic carbocycles. The number of carbonyl (C=O) groups excluding carboxylic acids is 3. The van der Waals surface area contributed by atoms with Crippen LogP contribution in [0.3, 0.4) is 0 Å². The lowest BCUT2D eigenvalue weighted by molar-refractivity contribution is -0.142. The summed E-state index contributed by atoms with van der Waals surface area (Å²) in [5, 5.41) is 16.7. The molecular formula is C28H32ClN3O4S. The smallest absolute Gasteiger partial charge is 0.248 e. The number of aliphatic hydroxyl groups excluding tert-OH is 1. The number of fused-ring (bicyclic) bond motifs is 1. The van der Waals surface area contributed by atoms with Gasteiger partial charge < -0.3 is 20.6 Å². The van der Waals surface area contributed by atoms with Crippen LogP contribution in [0.25, 0.3) is 0 Å². The number of nitrogens with zero attached hydrogens (tertiary/aromatic N) is 1. The van der Waals surface area contributed by atoms with E-state index in [0.29, 0.717) is 23.6 Å². The van der Waals surface area contributed by atoms with E-state index < -0.39 is 33.4 Å². The summed E-state index contributed by atoms with van der Waals surface area (Å²) in [6, 6.07) is 13.5. The molecular weight excluding hydrogens is 510 g/mol. The molecule has 9 heteroatoms. The van der Waals surface area contributed by atoms with Gasteiger partial charge in [0.05, 0.1) is 39.9 Å². The van der Waals surface area contributed by atoms with Crippen molar-refractivity contribution in [2.75, 3.05) is 19.0 Å². The van der Waals surface area contributed by atoms with Crippen LogP contribution in [0.5, 0.6) is 0 Å². The lowest BCUT2D eigenvalue weighted by Gasteiger charge is -2.37. The molecule has 6 atom stereocenters. The van der Waals surface area contributed by atoms with Gasteiger partial charge in [0.2, 0.25) is 17.7 Å². The monoisotopic (exact) mass is 541 g/mol. The fourth-order valence-electron chi connectivity index (χ4n) is 6.73. The largest absolute Gasteiger partial charge is 0.394 e. The van der Waals surface area contributed by atoms with Crippen LogP contribution >= 0.6 is 23.4 Å². The van der Waals surface area contributed by atoms with Gasteiger partial charge >= 0.3 is 0 Å². The quantitative estimate of drug-likeness (QED) is 0.499. The van der Waals surface area contributed by atoms with Crippen LogP contribution in [-0.4, -0.2) is 63.0 Å². The number of carbonyl (C=O) groups is 3. The minimum atomic E-state index is -0.858. The van der Waals surface area contributed by atoms with E-state index >= 15 is 0 Å². The summed E-state index contributed by atoms with van der Waals surface area (Å²) >= 11 is 8.04. The number of nitrogens with one attached hydrogen (secondary N) is 2. The van der Waals surface area contributed by atoms with Gasteiger partial charge in [-0.05, 0) is 50.3 Å². The lowest BCUT2D eigenvalue weighted by Crippen LogP contribution is -2.55. The van der Waals surface area contributed by atoms with Gasteiger partial charge in [-0.2, -0.15) is 0 Å². The number of para-hydroxylation sites is 1. The Morgan fingerprint density at radius 2 is 1.89 bits per heavy atom. The highest BCUT2D eigenvalue weighted by atomic mass is 35.5. The molecule has 37 heavy (non-hydrogen) atoms. The second-order valence-corrected chi connectivity index (χ2v) is 12.8. The van der Waals surface area contributed by atoms with Gasteiger partial charge in [-0.3, -0.25) is 14.4 Å². The summed E-state index contributed by atoms with van der Waals surface area (Å²) in [4.78, 5) is 43.1. The fraction of sp³-hybridized carbons (Fsp3) is 0.464. The Labute approximate surface area is 226 Å². The molecule has 5 rings (SSSR count). The summed E-state index contributed by atoms with van der Waals surface area (Å²) in [6.07, 6.45) is 1.76. The van der Waals surface area contributed by atoms with Crippen LogP contribution in [0.2, 0.25) is 5.02 Å². The molecule has 1 spiro atoms. The third-order valence-electron chi connectivity index (χ3n) is 8.38. The van der Waals surface area contributed by atoms with Crippen molar-refractivity contribution in [3.63, 3.8) is 0 Å². The van der Waals surface area contributed by atoms with E-state index in [9.17, 15) is 19.5 Å². The molecule has 3 heterocycles. The zero-order chi connectivity index (χ0) is 26.5. The Morgan fingerprint density at radius 3 is 2.54 bits per heavy atom. The van der Waals surface area contributed by atoms with Crippen molar-refractivity contribution in [2.24, 2.45) is 11.8 Å². The molecule has 2 aromatic carbocycles. The van der Waals surface area contributed by atoms with Crippen molar-refractivity contribution < 1.29 is 19.5 Å². The molecule has 2 unspecified atom stereocenters. The molecule has 2 bridgehead atoms. The zero-order valence-corrected chi connectivity index (χ0v) is 22.7. The number of hydrogen-bond acceptors (Lipinski definition) is 5. The van der Waals surface area contributed by atoms with Crippen LogP contribution in [0.1, 0.15) is 30.9 Å². The maximum atomic E-state index is 14.3. The molecule has 2 aromatic rings. The molecule has 3 amide bonds. The molecule has 3 aliphatic heterocycles. The number of benzene rings is 2. The number of rotatable bonds is 7. The van der Waals surface area contributed by atoms with Crippen molar-refractivity contribution in [2.45, 2.75) is 54.7 Å². The molecule has 0 aromatic heterocycles. The van der Waals surface area contributed by atoms with Gasteiger partial charge in [0.25, 0.3) is 0 Å². The van der Waals surface area contributed by atoms with E-state index in [4.69, 9.17) is 11.6 Å². The van der Waals surface area contributed by atoms with Crippen LogP contribution in [-0.2, 0) is 20.8 Å². The summed E-state index contributed by atoms with van der Waals surface area (Å²) in [6.45, 7) is 3.60. The van der Waals surface area contributed by atoms with Crippen LogP contribution < -0.4 is 10.6 Å². The SMILES string of the molecule is CNC(=O)[C@H]1[C@H]2C(=O)N([C@@H](CO)Cc3ccccc3)C(C(=O)Nc3c(C)cccc3Cl)C23CC[C@]1(C)S3. The molecule has 7 nitrogen and oxygen atoms in total. The number of amides is 3. The van der Waals surface area contributed by atoms with Gasteiger partial charge in [-0.25, -0.2) is 0 Å². The minimum Gasteiger partial charge on any atom is -0.394 e. The van der Waals surface area contributed by atoms with E-state index in [1.54, 1.807) is 29.8 Å². The Morgan fingerprint density at radius 1 is 1.16 bits per heavy atom. The standard InChI is InChI=1S/C28H32ClN3O4S/c1-16-8-7-11-19(29)22(16)31-25(35)23-28-13-12-27(2,37-28)20(24(34)30-3)21(28)26(36)32(23)18(15-33)14-17-9-5-4-6-10-17/h4-11,18,20-21,23,33H,12-15H2,1-3H3,(H,30,34)(H,31,35)/t18-,20-,21+,23?,27+,28?/m1/s1. The number of halogens is 1. The van der Waals surface area contributed by atoms with Crippen LogP contribution in [0.4, 0.5) is 5.69 Å². The summed E-state index contributed by atoms with van der Waals surface area (Å²) < 4.78 is -1.22. The molecule has 0 radical (unpaired) electrons. The lowest BCUT2D eigenvalue weighted by atomic mass is 9.66. The highest BCUT2D eigenvalue weighted by Crippen LogP contribution is 2.71. The van der Waals surface area contributed by atoms with E-state index in [0.717, 1.165) is 17.5 Å². The number of aliphatic hydroxyl groups is 1. The molecule has 196 valence electrons. The van der Waals surface area contributed by atoms with Crippen molar-refractivity contribution in [1.82, 2.24) is 10.2 Å². The average Bonchev–Trinajstić information content (AvgIpc) is 3.45. The number of likely N-dealkylation sites (tertiary alicyclic amines) is 1. The van der Waals surface area contributed by atoms with Crippen molar-refractivity contribution in [3.8, 4) is 0 Å². The third kappa shape index (κ3) is 4.04. The third-order valence-corrected chi connectivity index (χ3v) is 10.7. The Kier molecular flexibility index (Phi) is 6.79. The minimum absolute atomic E-state index is 0.179. The number of hydrogen-bond donors (Lipinski definition) is 3. The Hall–Kier alpha value is -2.55. The molecule has 3 fully saturated rings. The first kappa shape index (κ1) is 26.1. The first-order valence-electron chi connectivity index (χ1n) is 12.6. The first-order valence-corrected chi connectivity index (χ1v) is 13.8. The van der Waals surface area contributed by atoms with Crippen molar-refractivity contribution >= 4 is 46.8 Å². The van der Waals surface area contributed by atoms with Crippen LogP contribution in [0.15, 0.2) is 48.5 Å². The highest BCUT2D eigenvalue weighted by Gasteiger charge is 2.77. The van der Waals surface area contributed by atoms with Gasteiger partial charge in [0, 0.05) is 11.8 Å². The second-order valence-electron chi connectivity index (χ2n) is 10.5. The fourth-order valence-corrected chi connectivity index (χ4v) is 9.34. The Bertz CT molecular complexity index is 1220. The second kappa shape index (κ2) is 9.64. The van der Waals surface area contributed by atoms with E-state index in [-0.39, 0.29) is 24.3 Å². The maximum absolute atomic E-state index is 14.3. The molecule has 3 aliphatic rings. The van der Waals surface area contributed by atoms with E-state index in [2.05, 4.69) is 10.6 Å². The number of anilines is 1. The van der Waals surface area contributed by atoms with Gasteiger partial charge in [-0.15, -0.1) is 11.8 Å². The van der Waals surface area contributed by atoms with Crippen LogP contribution in [0, 0.1) is 18.8 Å². The predicted octanol–water partition coefficient (Wildman–Crippen LogP) is 3.42. The highest BCUT2D eigenvalue weighted by molar-refractivity contribution is 8.02. The Balaban J connectivity index is 1.59. The topological polar surface area (TPSA) is 98.7 Å². The first-order chi connectivity index (χ1) is 17.7. The summed E-state index contributed by atoms with van der Waals surface area (Å²) in [5.41, 5.74) is 2.28. The summed E-state index contributed by atoms with van der Waals surface area (Å²) in [7, 11) is 1.59. The van der Waals surface area contributed by atoms with Gasteiger partial charge in [0.15, 0.2) is 0 Å². The molecule has 3 N–H and O–H groups in total. The number of aryl methyl sites for hydroxylation is 1. The van der Waals surface area contributed by atoms with Gasteiger partial charge in [-0.1, -0.05) is 54.1 Å². The summed E-state index contributed by atoms with van der Waals surface area (Å²) in [5.74, 6) is -1.96. The van der Waals surface area contributed by atoms with Crippen molar-refractivity contribution in [3.05, 3.63) is 64.7 Å².